The normalized spacial score (nSPS) is 31.7. The van der Waals surface area contributed by atoms with E-state index in [1.165, 1.54) is 45.2 Å². The van der Waals surface area contributed by atoms with Gasteiger partial charge in [0.2, 0.25) is 0 Å². The molecule has 0 amide bonds. The maximum atomic E-state index is 3.39. The van der Waals surface area contributed by atoms with Crippen molar-refractivity contribution < 1.29 is 0 Å². The van der Waals surface area contributed by atoms with E-state index in [0.717, 1.165) is 12.6 Å². The summed E-state index contributed by atoms with van der Waals surface area (Å²) in [5.41, 5.74) is 0.321. The first-order chi connectivity index (χ1) is 8.54. The quantitative estimate of drug-likeness (QED) is 0.829. The van der Waals surface area contributed by atoms with Gasteiger partial charge in [-0.15, -0.1) is 0 Å². The van der Waals surface area contributed by atoms with E-state index in [1.807, 2.05) is 0 Å². The smallest absolute Gasteiger partial charge is 0.0351 e. The van der Waals surface area contributed by atoms with Crippen molar-refractivity contribution in [2.75, 3.05) is 33.7 Å². The highest BCUT2D eigenvalue weighted by Crippen LogP contribution is 2.30. The highest BCUT2D eigenvalue weighted by molar-refractivity contribution is 4.97. The third-order valence-corrected chi connectivity index (χ3v) is 5.04. The van der Waals surface area contributed by atoms with Crippen molar-refractivity contribution in [2.24, 2.45) is 0 Å². The molecule has 2 rings (SSSR count). The van der Waals surface area contributed by atoms with Crippen molar-refractivity contribution in [1.82, 2.24) is 15.1 Å². The molecule has 3 heteroatoms. The Balaban J connectivity index is 2.07. The Bertz CT molecular complexity index is 258. The average molecular weight is 253 g/mol. The summed E-state index contributed by atoms with van der Waals surface area (Å²) >= 11 is 0. The third-order valence-electron chi connectivity index (χ3n) is 5.04. The number of nitrogens with one attached hydrogen (secondary N) is 1. The van der Waals surface area contributed by atoms with Crippen LogP contribution in [-0.4, -0.2) is 61.2 Å². The van der Waals surface area contributed by atoms with Gasteiger partial charge in [0.25, 0.3) is 0 Å². The molecule has 0 bridgehead atoms. The SMILES string of the molecule is CNCC1CN(C)C(C)(C)CN1C1CCCCC1. The number of hydrogen-bond donors (Lipinski definition) is 1. The van der Waals surface area contributed by atoms with E-state index in [-0.39, 0.29) is 0 Å². The summed E-state index contributed by atoms with van der Waals surface area (Å²) in [5.74, 6) is 0. The van der Waals surface area contributed by atoms with Crippen LogP contribution in [0.5, 0.6) is 0 Å². The van der Waals surface area contributed by atoms with Gasteiger partial charge < -0.3 is 5.32 Å². The lowest BCUT2D eigenvalue weighted by Crippen LogP contribution is -2.66. The average Bonchev–Trinajstić information content (AvgIpc) is 2.35. The second kappa shape index (κ2) is 5.89. The zero-order chi connectivity index (χ0) is 13.2. The Morgan fingerprint density at radius 3 is 2.44 bits per heavy atom. The lowest BCUT2D eigenvalue weighted by Gasteiger charge is -2.53. The molecule has 1 saturated carbocycles. The molecule has 0 aromatic heterocycles. The first-order valence-corrected chi connectivity index (χ1v) is 7.66. The third kappa shape index (κ3) is 3.06. The molecule has 1 aliphatic carbocycles. The Hall–Kier alpha value is -0.120. The molecule has 1 heterocycles. The van der Waals surface area contributed by atoms with Gasteiger partial charge in [-0.2, -0.15) is 0 Å². The van der Waals surface area contributed by atoms with Gasteiger partial charge in [0.15, 0.2) is 0 Å². The summed E-state index contributed by atoms with van der Waals surface area (Å²) in [6.45, 7) is 8.32. The fourth-order valence-electron chi connectivity index (χ4n) is 3.62. The van der Waals surface area contributed by atoms with Gasteiger partial charge in [-0.25, -0.2) is 0 Å². The van der Waals surface area contributed by atoms with Crippen LogP contribution in [0, 0.1) is 0 Å². The predicted octanol–water partition coefficient (Wildman–Crippen LogP) is 1.93. The Kier molecular flexibility index (Phi) is 4.68. The molecule has 0 aromatic rings. The first kappa shape index (κ1) is 14.3. The van der Waals surface area contributed by atoms with Gasteiger partial charge in [0, 0.05) is 37.3 Å². The fraction of sp³-hybridized carbons (Fsp3) is 1.00. The number of hydrogen-bond acceptors (Lipinski definition) is 3. The van der Waals surface area contributed by atoms with Crippen molar-refractivity contribution >= 4 is 0 Å². The minimum absolute atomic E-state index is 0.321. The van der Waals surface area contributed by atoms with Crippen molar-refractivity contribution in [1.29, 1.82) is 0 Å². The topological polar surface area (TPSA) is 18.5 Å². The van der Waals surface area contributed by atoms with Crippen molar-refractivity contribution in [3.05, 3.63) is 0 Å². The number of piperazine rings is 1. The van der Waals surface area contributed by atoms with Gasteiger partial charge in [-0.1, -0.05) is 19.3 Å². The standard InChI is InChI=1S/C15H31N3/c1-15(2)12-18(13-8-6-5-7-9-13)14(10-16-3)11-17(15)4/h13-14,16H,5-12H2,1-4H3. The van der Waals surface area contributed by atoms with Crippen LogP contribution in [0.3, 0.4) is 0 Å². The Morgan fingerprint density at radius 1 is 1.17 bits per heavy atom. The monoisotopic (exact) mass is 253 g/mol. The highest BCUT2D eigenvalue weighted by Gasteiger charge is 2.39. The number of rotatable bonds is 3. The van der Waals surface area contributed by atoms with Crippen molar-refractivity contribution in [3.8, 4) is 0 Å². The minimum Gasteiger partial charge on any atom is -0.318 e. The molecule has 106 valence electrons. The molecule has 1 aliphatic heterocycles. The summed E-state index contributed by atoms with van der Waals surface area (Å²) in [6.07, 6.45) is 7.15. The van der Waals surface area contributed by atoms with Crippen LogP contribution < -0.4 is 5.32 Å². The summed E-state index contributed by atoms with van der Waals surface area (Å²) in [7, 11) is 4.36. The van der Waals surface area contributed by atoms with Crippen LogP contribution in [0.25, 0.3) is 0 Å². The summed E-state index contributed by atoms with van der Waals surface area (Å²) < 4.78 is 0. The molecule has 0 spiro atoms. The predicted molar refractivity (Wildman–Crippen MR) is 78.0 cm³/mol. The van der Waals surface area contributed by atoms with Gasteiger partial charge in [-0.3, -0.25) is 9.80 Å². The van der Waals surface area contributed by atoms with E-state index >= 15 is 0 Å². The second-order valence-corrected chi connectivity index (χ2v) is 6.87. The van der Waals surface area contributed by atoms with Gasteiger partial charge in [0.05, 0.1) is 0 Å². The van der Waals surface area contributed by atoms with E-state index in [0.29, 0.717) is 11.6 Å². The fourth-order valence-corrected chi connectivity index (χ4v) is 3.62. The van der Waals surface area contributed by atoms with Gasteiger partial charge >= 0.3 is 0 Å². The van der Waals surface area contributed by atoms with E-state index in [2.05, 4.69) is 43.1 Å². The zero-order valence-electron chi connectivity index (χ0n) is 12.7. The molecule has 2 fully saturated rings. The van der Waals surface area contributed by atoms with E-state index < -0.39 is 0 Å². The molecule has 18 heavy (non-hydrogen) atoms. The molecular weight excluding hydrogens is 222 g/mol. The van der Waals surface area contributed by atoms with Crippen LogP contribution in [0.15, 0.2) is 0 Å². The molecule has 1 atom stereocenters. The maximum absolute atomic E-state index is 3.39. The zero-order valence-corrected chi connectivity index (χ0v) is 12.7. The molecule has 1 unspecified atom stereocenters. The van der Waals surface area contributed by atoms with Crippen LogP contribution in [0.4, 0.5) is 0 Å². The van der Waals surface area contributed by atoms with Gasteiger partial charge in [0.1, 0.15) is 0 Å². The molecule has 3 nitrogen and oxygen atoms in total. The van der Waals surface area contributed by atoms with Crippen LogP contribution in [0.2, 0.25) is 0 Å². The summed E-state index contributed by atoms with van der Waals surface area (Å²) in [6, 6.07) is 1.53. The minimum atomic E-state index is 0.321. The van der Waals surface area contributed by atoms with E-state index in [1.54, 1.807) is 0 Å². The molecular formula is C15H31N3. The Morgan fingerprint density at radius 2 is 1.83 bits per heavy atom. The second-order valence-electron chi connectivity index (χ2n) is 6.87. The molecule has 0 aromatic carbocycles. The van der Waals surface area contributed by atoms with Crippen LogP contribution >= 0.6 is 0 Å². The van der Waals surface area contributed by atoms with Gasteiger partial charge in [-0.05, 0) is 40.8 Å². The van der Waals surface area contributed by atoms with Crippen LogP contribution in [0.1, 0.15) is 46.0 Å². The summed E-state index contributed by atoms with van der Waals surface area (Å²) in [5, 5.41) is 3.39. The first-order valence-electron chi connectivity index (χ1n) is 7.66. The number of nitrogens with zero attached hydrogens (tertiary/aromatic N) is 2. The lowest BCUT2D eigenvalue weighted by atomic mass is 9.88. The Labute approximate surface area is 113 Å². The van der Waals surface area contributed by atoms with Crippen LogP contribution in [-0.2, 0) is 0 Å². The largest absolute Gasteiger partial charge is 0.318 e. The number of likely N-dealkylation sites (N-methyl/N-ethyl adjacent to an activating group) is 2. The molecule has 2 aliphatic rings. The highest BCUT2D eigenvalue weighted by atomic mass is 15.3. The van der Waals surface area contributed by atoms with E-state index in [4.69, 9.17) is 0 Å². The summed E-state index contributed by atoms with van der Waals surface area (Å²) in [4.78, 5) is 5.35. The molecule has 0 radical (unpaired) electrons. The van der Waals surface area contributed by atoms with Crippen molar-refractivity contribution in [3.63, 3.8) is 0 Å². The van der Waals surface area contributed by atoms with Crippen molar-refractivity contribution in [2.45, 2.75) is 63.6 Å². The maximum Gasteiger partial charge on any atom is 0.0351 e. The van der Waals surface area contributed by atoms with E-state index in [9.17, 15) is 0 Å². The molecule has 1 N–H and O–H groups in total. The molecule has 1 saturated heterocycles. The lowest BCUT2D eigenvalue weighted by molar-refractivity contribution is -0.0315.